The summed E-state index contributed by atoms with van der Waals surface area (Å²) in [5.41, 5.74) is 1.52. The minimum Gasteiger partial charge on any atom is -0.343 e. The lowest BCUT2D eigenvalue weighted by molar-refractivity contribution is -0.134. The highest BCUT2D eigenvalue weighted by Gasteiger charge is 2.25. The molecule has 1 aliphatic heterocycles. The topological polar surface area (TPSA) is 20.3 Å². The molecule has 1 aliphatic rings. The van der Waals surface area contributed by atoms with Crippen molar-refractivity contribution in [3.05, 3.63) is 35.9 Å². The number of amides is 1. The number of carbonyl (C=O) groups excluding carboxylic acids is 1. The van der Waals surface area contributed by atoms with Crippen molar-refractivity contribution in [1.82, 2.24) is 4.90 Å². The zero-order chi connectivity index (χ0) is 14.6. The van der Waals surface area contributed by atoms with Crippen LogP contribution in [-0.4, -0.2) is 23.9 Å². The van der Waals surface area contributed by atoms with Gasteiger partial charge in [-0.25, -0.2) is 0 Å². The van der Waals surface area contributed by atoms with Crippen LogP contribution in [0.25, 0.3) is 0 Å². The Morgan fingerprint density at radius 2 is 1.75 bits per heavy atom. The van der Waals surface area contributed by atoms with Gasteiger partial charge in [0.15, 0.2) is 0 Å². The van der Waals surface area contributed by atoms with E-state index in [-0.39, 0.29) is 5.41 Å². The van der Waals surface area contributed by atoms with Crippen molar-refractivity contribution < 1.29 is 4.79 Å². The maximum Gasteiger partial charge on any atom is 0.223 e. The van der Waals surface area contributed by atoms with Gasteiger partial charge in [0.25, 0.3) is 0 Å². The van der Waals surface area contributed by atoms with Crippen LogP contribution < -0.4 is 0 Å². The molecule has 20 heavy (non-hydrogen) atoms. The summed E-state index contributed by atoms with van der Waals surface area (Å²) in [6.07, 6.45) is 4.11. The number of hydrogen-bond donors (Lipinski definition) is 0. The van der Waals surface area contributed by atoms with E-state index in [1.807, 2.05) is 0 Å². The Morgan fingerprint density at radius 3 is 2.30 bits per heavy atom. The molecule has 0 atom stereocenters. The second-order valence-electron chi connectivity index (χ2n) is 7.25. The molecule has 0 radical (unpaired) electrons. The van der Waals surface area contributed by atoms with Crippen LogP contribution >= 0.6 is 0 Å². The monoisotopic (exact) mass is 273 g/mol. The first-order valence-electron chi connectivity index (χ1n) is 7.76. The quantitative estimate of drug-likeness (QED) is 0.818. The Labute approximate surface area is 123 Å². The van der Waals surface area contributed by atoms with Gasteiger partial charge in [-0.2, -0.15) is 0 Å². The second-order valence-corrected chi connectivity index (χ2v) is 7.25. The molecular weight excluding hydrogens is 246 g/mol. The second kappa shape index (κ2) is 6.43. The maximum atomic E-state index is 12.2. The molecule has 1 saturated heterocycles. The minimum absolute atomic E-state index is 0.0952. The molecule has 0 aromatic heterocycles. The standard InChI is InChI=1S/C18H27NO/c1-18(2,3)14-17(20)19-11-9-16(10-12-19)13-15-7-5-4-6-8-15/h4-8,16H,9-14H2,1-3H3. The zero-order valence-electron chi connectivity index (χ0n) is 13.1. The molecule has 2 rings (SSSR count). The van der Waals surface area contributed by atoms with Crippen LogP contribution in [0, 0.1) is 11.3 Å². The molecule has 1 heterocycles. The molecule has 0 unspecified atom stereocenters. The summed E-state index contributed by atoms with van der Waals surface area (Å²) < 4.78 is 0. The van der Waals surface area contributed by atoms with Crippen molar-refractivity contribution in [2.45, 2.75) is 46.5 Å². The molecule has 0 N–H and O–H groups in total. The van der Waals surface area contributed by atoms with Gasteiger partial charge in [0.2, 0.25) is 5.91 Å². The van der Waals surface area contributed by atoms with Crippen molar-refractivity contribution in [1.29, 1.82) is 0 Å². The summed E-state index contributed by atoms with van der Waals surface area (Å²) in [4.78, 5) is 14.3. The fraction of sp³-hybridized carbons (Fsp3) is 0.611. The third-order valence-electron chi connectivity index (χ3n) is 4.02. The molecule has 1 fully saturated rings. The van der Waals surface area contributed by atoms with Crippen molar-refractivity contribution in [3.8, 4) is 0 Å². The summed E-state index contributed by atoms with van der Waals surface area (Å²) in [6, 6.07) is 10.7. The molecule has 2 heteroatoms. The number of hydrogen-bond acceptors (Lipinski definition) is 1. The van der Waals surface area contributed by atoms with E-state index < -0.39 is 0 Å². The summed E-state index contributed by atoms with van der Waals surface area (Å²) in [5, 5.41) is 0. The van der Waals surface area contributed by atoms with E-state index in [0.717, 1.165) is 38.3 Å². The number of piperidine rings is 1. The predicted octanol–water partition coefficient (Wildman–Crippen LogP) is 3.90. The van der Waals surface area contributed by atoms with Crippen molar-refractivity contribution >= 4 is 5.91 Å². The van der Waals surface area contributed by atoms with Gasteiger partial charge in [0, 0.05) is 19.5 Å². The van der Waals surface area contributed by atoms with Crippen LogP contribution in [0.4, 0.5) is 0 Å². The van der Waals surface area contributed by atoms with Gasteiger partial charge < -0.3 is 4.90 Å². The lowest BCUT2D eigenvalue weighted by Gasteiger charge is -2.33. The first-order valence-corrected chi connectivity index (χ1v) is 7.76. The average Bonchev–Trinajstić information content (AvgIpc) is 2.39. The molecule has 0 saturated carbocycles. The highest BCUT2D eigenvalue weighted by molar-refractivity contribution is 5.76. The molecule has 1 aromatic carbocycles. The largest absolute Gasteiger partial charge is 0.343 e. The first-order chi connectivity index (χ1) is 9.44. The molecule has 2 nitrogen and oxygen atoms in total. The number of nitrogens with zero attached hydrogens (tertiary/aromatic N) is 1. The third kappa shape index (κ3) is 4.66. The fourth-order valence-corrected chi connectivity index (χ4v) is 2.90. The van der Waals surface area contributed by atoms with Gasteiger partial charge in [-0.1, -0.05) is 51.1 Å². The van der Waals surface area contributed by atoms with Crippen LogP contribution in [-0.2, 0) is 11.2 Å². The van der Waals surface area contributed by atoms with Gasteiger partial charge in [0.05, 0.1) is 0 Å². The summed E-state index contributed by atoms with van der Waals surface area (Å²) in [6.45, 7) is 8.27. The lowest BCUT2D eigenvalue weighted by atomic mass is 9.88. The molecular formula is C18H27NO. The predicted molar refractivity (Wildman–Crippen MR) is 83.5 cm³/mol. The number of benzene rings is 1. The molecule has 1 aromatic rings. The maximum absolute atomic E-state index is 12.2. The van der Waals surface area contributed by atoms with E-state index in [4.69, 9.17) is 0 Å². The Kier molecular flexibility index (Phi) is 4.85. The zero-order valence-corrected chi connectivity index (χ0v) is 13.1. The first kappa shape index (κ1) is 15.1. The van der Waals surface area contributed by atoms with Crippen LogP contribution in [0.3, 0.4) is 0 Å². The Hall–Kier alpha value is -1.31. The summed E-state index contributed by atoms with van der Waals surface area (Å²) >= 11 is 0. The van der Waals surface area contributed by atoms with E-state index >= 15 is 0 Å². The Bertz CT molecular complexity index is 424. The van der Waals surface area contributed by atoms with E-state index in [0.29, 0.717) is 12.3 Å². The average molecular weight is 273 g/mol. The lowest BCUT2D eigenvalue weighted by Crippen LogP contribution is -2.40. The minimum atomic E-state index is 0.0952. The number of carbonyl (C=O) groups is 1. The molecule has 0 spiro atoms. The van der Waals surface area contributed by atoms with Gasteiger partial charge in [0.1, 0.15) is 0 Å². The van der Waals surface area contributed by atoms with Crippen molar-refractivity contribution in [2.24, 2.45) is 11.3 Å². The van der Waals surface area contributed by atoms with E-state index in [2.05, 4.69) is 56.0 Å². The number of rotatable bonds is 3. The highest BCUT2D eigenvalue weighted by atomic mass is 16.2. The van der Waals surface area contributed by atoms with Crippen molar-refractivity contribution in [2.75, 3.05) is 13.1 Å². The summed E-state index contributed by atoms with van der Waals surface area (Å²) in [5.74, 6) is 1.06. The van der Waals surface area contributed by atoms with Crippen LogP contribution in [0.5, 0.6) is 0 Å². The third-order valence-corrected chi connectivity index (χ3v) is 4.02. The Balaban J connectivity index is 1.79. The Morgan fingerprint density at radius 1 is 1.15 bits per heavy atom. The van der Waals surface area contributed by atoms with Gasteiger partial charge in [-0.15, -0.1) is 0 Å². The van der Waals surface area contributed by atoms with E-state index in [1.54, 1.807) is 0 Å². The van der Waals surface area contributed by atoms with Crippen LogP contribution in [0.2, 0.25) is 0 Å². The smallest absolute Gasteiger partial charge is 0.223 e. The van der Waals surface area contributed by atoms with Gasteiger partial charge in [-0.3, -0.25) is 4.79 Å². The number of likely N-dealkylation sites (tertiary alicyclic amines) is 1. The molecule has 0 bridgehead atoms. The fourth-order valence-electron chi connectivity index (χ4n) is 2.90. The van der Waals surface area contributed by atoms with Crippen LogP contribution in [0.1, 0.15) is 45.6 Å². The van der Waals surface area contributed by atoms with Gasteiger partial charge >= 0.3 is 0 Å². The molecule has 110 valence electrons. The van der Waals surface area contributed by atoms with E-state index in [1.165, 1.54) is 5.56 Å². The van der Waals surface area contributed by atoms with Gasteiger partial charge in [-0.05, 0) is 36.2 Å². The molecule has 0 aliphatic carbocycles. The summed E-state index contributed by atoms with van der Waals surface area (Å²) in [7, 11) is 0. The normalized spacial score (nSPS) is 17.2. The van der Waals surface area contributed by atoms with E-state index in [9.17, 15) is 4.79 Å². The molecule has 1 amide bonds. The SMILES string of the molecule is CC(C)(C)CC(=O)N1CCC(Cc2ccccc2)CC1. The van der Waals surface area contributed by atoms with Crippen molar-refractivity contribution in [3.63, 3.8) is 0 Å². The van der Waals surface area contributed by atoms with Crippen LogP contribution in [0.15, 0.2) is 30.3 Å². The highest BCUT2D eigenvalue weighted by Crippen LogP contribution is 2.25.